The van der Waals surface area contributed by atoms with E-state index in [1.807, 2.05) is 13.0 Å². The third kappa shape index (κ3) is 4.90. The molecule has 1 aliphatic carbocycles. The molecule has 0 radical (unpaired) electrons. The summed E-state index contributed by atoms with van der Waals surface area (Å²) >= 11 is 6.36. The molecule has 2 N–H and O–H groups in total. The summed E-state index contributed by atoms with van der Waals surface area (Å²) in [5, 5.41) is 5.58. The van der Waals surface area contributed by atoms with E-state index in [9.17, 15) is 13.6 Å². The third-order valence-electron chi connectivity index (χ3n) is 5.89. The molecule has 1 aromatic carbocycles. The number of ether oxygens (including phenoxy) is 1. The number of rotatable bonds is 5. The van der Waals surface area contributed by atoms with Crippen LogP contribution in [0, 0.1) is 11.8 Å². The van der Waals surface area contributed by atoms with Crippen LogP contribution >= 0.6 is 11.6 Å². The molecule has 0 aliphatic heterocycles. The number of hydrogen-bond acceptors (Lipinski definition) is 4. The fourth-order valence-corrected chi connectivity index (χ4v) is 4.52. The van der Waals surface area contributed by atoms with Crippen molar-refractivity contribution in [3.63, 3.8) is 0 Å². The number of hydrogen-bond donors (Lipinski definition) is 2. The topological polar surface area (TPSA) is 76.1 Å². The van der Waals surface area contributed by atoms with Crippen molar-refractivity contribution in [3.05, 3.63) is 70.8 Å². The van der Waals surface area contributed by atoms with E-state index in [-0.39, 0.29) is 22.7 Å². The molecule has 0 spiro atoms. The number of amides is 2. The predicted octanol–water partition coefficient (Wildman–Crippen LogP) is 5.71. The number of urea groups is 1. The summed E-state index contributed by atoms with van der Waals surface area (Å²) in [6, 6.07) is 5.21. The smallest absolute Gasteiger partial charge is 0.319 e. The van der Waals surface area contributed by atoms with Crippen molar-refractivity contribution in [1.29, 1.82) is 0 Å². The summed E-state index contributed by atoms with van der Waals surface area (Å²) in [5.74, 6) is -0.545. The summed E-state index contributed by atoms with van der Waals surface area (Å²) in [4.78, 5) is 20.4. The molecule has 6 nitrogen and oxygen atoms in total. The monoisotopic (exact) mass is 472 g/mol. The van der Waals surface area contributed by atoms with E-state index in [1.54, 1.807) is 12.3 Å². The van der Waals surface area contributed by atoms with Crippen LogP contribution in [0.5, 0.6) is 5.75 Å². The zero-order chi connectivity index (χ0) is 23.5. The van der Waals surface area contributed by atoms with Crippen molar-refractivity contribution in [2.24, 2.45) is 0 Å². The van der Waals surface area contributed by atoms with Crippen LogP contribution < -0.4 is 15.4 Å². The van der Waals surface area contributed by atoms with Gasteiger partial charge in [0.1, 0.15) is 11.6 Å². The Bertz CT molecular complexity index is 1190. The van der Waals surface area contributed by atoms with Gasteiger partial charge in [0.25, 0.3) is 0 Å². The van der Waals surface area contributed by atoms with Crippen LogP contribution in [0.4, 0.5) is 19.3 Å². The fourth-order valence-electron chi connectivity index (χ4n) is 4.25. The molecule has 2 atom stereocenters. The molecule has 2 unspecified atom stereocenters. The Morgan fingerprint density at radius 2 is 2.09 bits per heavy atom. The molecule has 172 valence electrons. The summed E-state index contributed by atoms with van der Waals surface area (Å²) < 4.78 is 34.2. The molecule has 2 heterocycles. The number of halogens is 3. The quantitative estimate of drug-likeness (QED) is 0.466. The van der Waals surface area contributed by atoms with Crippen LogP contribution in [0.2, 0.25) is 5.02 Å². The second-order valence-corrected chi connectivity index (χ2v) is 8.34. The lowest BCUT2D eigenvalue weighted by Gasteiger charge is -2.31. The first kappa shape index (κ1) is 22.9. The Balaban J connectivity index is 1.49. The van der Waals surface area contributed by atoms with Gasteiger partial charge in [-0.25, -0.2) is 14.2 Å². The number of aromatic nitrogens is 2. The average molecular weight is 473 g/mol. The van der Waals surface area contributed by atoms with Crippen LogP contribution in [0.25, 0.3) is 11.1 Å². The second-order valence-electron chi connectivity index (χ2n) is 7.94. The molecule has 0 saturated heterocycles. The molecule has 9 heteroatoms. The standard InChI is InChI=1S/C24H23ClF2N4O2/c1-3-13-6-15(8-19-17(13)4-5-29-23(19)27)30-24(32)31-22-10-20(25)18(9-21(22)26)14-7-16(33-2)12-28-11-14/h4-5,7,9-13,15H,3,6,8H2,1-2H3,(H2,30,31,32). The molecule has 0 saturated carbocycles. The van der Waals surface area contributed by atoms with E-state index < -0.39 is 17.8 Å². The predicted molar refractivity (Wildman–Crippen MR) is 123 cm³/mol. The SMILES string of the molecule is CCC1CC(NC(=O)Nc2cc(Cl)c(-c3cncc(OC)c3)cc2F)Cc2c1ccnc2F. The Hall–Kier alpha value is -3.26. The Morgan fingerprint density at radius 3 is 2.85 bits per heavy atom. The molecule has 0 fully saturated rings. The fraction of sp³-hybridized carbons (Fsp3) is 0.292. The van der Waals surface area contributed by atoms with Gasteiger partial charge in [-0.15, -0.1) is 0 Å². The van der Waals surface area contributed by atoms with E-state index in [0.29, 0.717) is 35.3 Å². The maximum absolute atomic E-state index is 14.8. The molecule has 2 aromatic heterocycles. The van der Waals surface area contributed by atoms with Gasteiger partial charge in [0, 0.05) is 35.1 Å². The number of anilines is 1. The zero-order valence-corrected chi connectivity index (χ0v) is 18.9. The number of benzene rings is 1. The van der Waals surface area contributed by atoms with Crippen LogP contribution in [0.3, 0.4) is 0 Å². The zero-order valence-electron chi connectivity index (χ0n) is 18.2. The maximum Gasteiger partial charge on any atom is 0.319 e. The van der Waals surface area contributed by atoms with E-state index in [4.69, 9.17) is 16.3 Å². The van der Waals surface area contributed by atoms with Crippen molar-refractivity contribution in [1.82, 2.24) is 15.3 Å². The molecule has 0 bridgehead atoms. The summed E-state index contributed by atoms with van der Waals surface area (Å²) in [7, 11) is 1.51. The minimum absolute atomic E-state index is 0.0618. The molecular weight excluding hydrogens is 450 g/mol. The first-order valence-electron chi connectivity index (χ1n) is 10.6. The van der Waals surface area contributed by atoms with Crippen molar-refractivity contribution in [2.45, 2.75) is 38.1 Å². The Kier molecular flexibility index (Phi) is 6.74. The summed E-state index contributed by atoms with van der Waals surface area (Å²) in [6.45, 7) is 2.02. The molecule has 4 rings (SSSR count). The van der Waals surface area contributed by atoms with Crippen LogP contribution in [0.1, 0.15) is 36.8 Å². The third-order valence-corrected chi connectivity index (χ3v) is 6.20. The second kappa shape index (κ2) is 9.70. The van der Waals surface area contributed by atoms with Gasteiger partial charge in [0.15, 0.2) is 0 Å². The molecule has 3 aromatic rings. The van der Waals surface area contributed by atoms with Crippen molar-refractivity contribution in [2.75, 3.05) is 12.4 Å². The summed E-state index contributed by atoms with van der Waals surface area (Å²) in [5.41, 5.74) is 2.39. The van der Waals surface area contributed by atoms with Gasteiger partial charge in [-0.3, -0.25) is 4.98 Å². The maximum atomic E-state index is 14.8. The van der Waals surface area contributed by atoms with Gasteiger partial charge >= 0.3 is 6.03 Å². The highest BCUT2D eigenvalue weighted by atomic mass is 35.5. The first-order chi connectivity index (χ1) is 15.9. The molecule has 2 amide bonds. The van der Waals surface area contributed by atoms with E-state index in [1.165, 1.54) is 31.6 Å². The van der Waals surface area contributed by atoms with Crippen LogP contribution in [-0.4, -0.2) is 29.2 Å². The van der Waals surface area contributed by atoms with Gasteiger partial charge in [-0.1, -0.05) is 18.5 Å². The number of methoxy groups -OCH3 is 1. The lowest BCUT2D eigenvalue weighted by atomic mass is 9.79. The number of carbonyl (C=O) groups excluding carboxylic acids is 1. The normalized spacial score (nSPS) is 17.2. The largest absolute Gasteiger partial charge is 0.495 e. The summed E-state index contributed by atoms with van der Waals surface area (Å²) in [6.07, 6.45) is 6.33. The molecule has 1 aliphatic rings. The van der Waals surface area contributed by atoms with Gasteiger partial charge in [-0.2, -0.15) is 4.39 Å². The number of nitrogens with one attached hydrogen (secondary N) is 2. The Labute approximate surface area is 195 Å². The minimum atomic E-state index is -0.650. The first-order valence-corrected chi connectivity index (χ1v) is 11.0. The van der Waals surface area contributed by atoms with Gasteiger partial charge in [-0.05, 0) is 55.0 Å². The number of pyridine rings is 2. The lowest BCUT2D eigenvalue weighted by Crippen LogP contribution is -2.42. The number of nitrogens with zero attached hydrogens (tertiary/aromatic N) is 2. The highest BCUT2D eigenvalue weighted by Gasteiger charge is 2.29. The molecule has 33 heavy (non-hydrogen) atoms. The van der Waals surface area contributed by atoms with E-state index >= 15 is 0 Å². The average Bonchev–Trinajstić information content (AvgIpc) is 2.81. The highest BCUT2D eigenvalue weighted by Crippen LogP contribution is 2.35. The van der Waals surface area contributed by atoms with Gasteiger partial charge < -0.3 is 15.4 Å². The van der Waals surface area contributed by atoms with Crippen LogP contribution in [-0.2, 0) is 6.42 Å². The van der Waals surface area contributed by atoms with Gasteiger partial charge in [0.2, 0.25) is 5.95 Å². The van der Waals surface area contributed by atoms with Gasteiger partial charge in [0.05, 0.1) is 24.0 Å². The lowest BCUT2D eigenvalue weighted by molar-refractivity contribution is 0.245. The van der Waals surface area contributed by atoms with Crippen molar-refractivity contribution in [3.8, 4) is 16.9 Å². The van der Waals surface area contributed by atoms with Crippen LogP contribution in [0.15, 0.2) is 42.9 Å². The van der Waals surface area contributed by atoms with E-state index in [0.717, 1.165) is 12.0 Å². The van der Waals surface area contributed by atoms with Crippen molar-refractivity contribution < 1.29 is 18.3 Å². The van der Waals surface area contributed by atoms with Crippen molar-refractivity contribution >= 4 is 23.3 Å². The highest BCUT2D eigenvalue weighted by molar-refractivity contribution is 6.33. The number of fused-ring (bicyclic) bond motifs is 1. The number of carbonyl (C=O) groups is 1. The Morgan fingerprint density at radius 1 is 1.27 bits per heavy atom. The molecular formula is C24H23ClF2N4O2. The van der Waals surface area contributed by atoms with E-state index in [2.05, 4.69) is 20.6 Å². The minimum Gasteiger partial charge on any atom is -0.495 e.